The van der Waals surface area contributed by atoms with Gasteiger partial charge in [0, 0.05) is 45.4 Å². The van der Waals surface area contributed by atoms with Crippen LogP contribution in [0.3, 0.4) is 0 Å². The lowest BCUT2D eigenvalue weighted by molar-refractivity contribution is 0.0786. The molecule has 0 aromatic rings. The summed E-state index contributed by atoms with van der Waals surface area (Å²) in [5.74, 6) is 0. The summed E-state index contributed by atoms with van der Waals surface area (Å²) in [4.78, 5) is 5.17. The maximum absolute atomic E-state index is 5.44. The van der Waals surface area contributed by atoms with Crippen LogP contribution in [0.5, 0.6) is 0 Å². The Labute approximate surface area is 101 Å². The maximum atomic E-state index is 5.44. The lowest BCUT2D eigenvalue weighted by Gasteiger charge is -2.39. The van der Waals surface area contributed by atoms with Crippen LogP contribution in [0.15, 0.2) is 0 Å². The molecule has 0 aliphatic carbocycles. The molecule has 2 aliphatic rings. The molecule has 2 atom stereocenters. The minimum atomic E-state index is 0.479. The molecule has 0 saturated carbocycles. The number of ether oxygens (including phenoxy) is 1. The van der Waals surface area contributed by atoms with E-state index in [1.165, 1.54) is 26.1 Å². The molecule has 0 radical (unpaired) electrons. The topological polar surface area (TPSA) is 15.7 Å². The Kier molecular flexibility index (Phi) is 5.73. The molecule has 3 nitrogen and oxygen atoms in total. The van der Waals surface area contributed by atoms with E-state index in [-0.39, 0.29) is 0 Å². The average molecular weight is 228 g/mol. The smallest absolute Gasteiger partial charge is 0.0713 e. The van der Waals surface area contributed by atoms with Crippen LogP contribution in [0.25, 0.3) is 0 Å². The lowest BCUT2D eigenvalue weighted by atomic mass is 10.1. The van der Waals surface area contributed by atoms with E-state index in [4.69, 9.17) is 4.74 Å². The molecule has 0 N–H and O–H groups in total. The minimum absolute atomic E-state index is 0.479. The van der Waals surface area contributed by atoms with Crippen LogP contribution in [0, 0.1) is 0 Å². The Balaban J connectivity index is 0.000000606. The first-order chi connectivity index (χ1) is 7.70. The molecule has 2 rings (SSSR count). The first kappa shape index (κ1) is 13.9. The number of rotatable bonds is 2. The average Bonchev–Trinajstić information content (AvgIpc) is 2.73. The van der Waals surface area contributed by atoms with Crippen LogP contribution in [-0.2, 0) is 4.74 Å². The second-order valence-electron chi connectivity index (χ2n) is 4.83. The molecule has 96 valence electrons. The molecule has 0 aromatic heterocycles. The zero-order chi connectivity index (χ0) is 12.1. The van der Waals surface area contributed by atoms with Gasteiger partial charge in [0.05, 0.1) is 6.10 Å². The van der Waals surface area contributed by atoms with E-state index >= 15 is 0 Å². The van der Waals surface area contributed by atoms with Crippen molar-refractivity contribution in [2.75, 3.05) is 33.3 Å². The lowest BCUT2D eigenvalue weighted by Crippen LogP contribution is -2.52. The molecule has 2 saturated heterocycles. The molecule has 2 fully saturated rings. The Morgan fingerprint density at radius 2 is 1.81 bits per heavy atom. The van der Waals surface area contributed by atoms with E-state index in [9.17, 15) is 0 Å². The molecule has 16 heavy (non-hydrogen) atoms. The summed E-state index contributed by atoms with van der Waals surface area (Å²) in [7, 11) is 1.84. The van der Waals surface area contributed by atoms with Gasteiger partial charge in [-0.2, -0.15) is 0 Å². The third-order valence-corrected chi connectivity index (χ3v) is 3.67. The fourth-order valence-corrected chi connectivity index (χ4v) is 2.66. The molecule has 0 bridgehead atoms. The quantitative estimate of drug-likeness (QED) is 0.717. The van der Waals surface area contributed by atoms with Crippen LogP contribution >= 0.6 is 0 Å². The number of methoxy groups -OCH3 is 1. The predicted molar refractivity (Wildman–Crippen MR) is 68.8 cm³/mol. The largest absolute Gasteiger partial charge is 0.380 e. The fourth-order valence-electron chi connectivity index (χ4n) is 2.66. The van der Waals surface area contributed by atoms with Gasteiger partial charge in [0.1, 0.15) is 0 Å². The van der Waals surface area contributed by atoms with Crippen LogP contribution in [0.1, 0.15) is 34.1 Å². The van der Waals surface area contributed by atoms with Crippen molar-refractivity contribution in [3.05, 3.63) is 0 Å². The monoisotopic (exact) mass is 228 g/mol. The molecule has 2 aliphatic heterocycles. The second-order valence-corrected chi connectivity index (χ2v) is 4.83. The van der Waals surface area contributed by atoms with Gasteiger partial charge in [0.15, 0.2) is 0 Å². The van der Waals surface area contributed by atoms with Crippen LogP contribution in [0.2, 0.25) is 0 Å². The highest BCUT2D eigenvalue weighted by molar-refractivity contribution is 4.92. The van der Waals surface area contributed by atoms with Crippen LogP contribution < -0.4 is 0 Å². The summed E-state index contributed by atoms with van der Waals surface area (Å²) >= 11 is 0. The zero-order valence-corrected chi connectivity index (χ0v) is 11.6. The first-order valence-corrected chi connectivity index (χ1v) is 6.71. The number of hydrogen-bond donors (Lipinski definition) is 0. The van der Waals surface area contributed by atoms with E-state index < -0.39 is 0 Å². The van der Waals surface area contributed by atoms with Crippen molar-refractivity contribution >= 4 is 0 Å². The standard InChI is InChI=1S/C11H22N2O.C2H6/c1-9(2)12-4-5-13-8-11(14-3)6-10(13)7-12;1-2/h9-11H,4-8H2,1-3H3;1-2H3. The van der Waals surface area contributed by atoms with Gasteiger partial charge in [0.2, 0.25) is 0 Å². The van der Waals surface area contributed by atoms with Gasteiger partial charge in [-0.3, -0.25) is 9.80 Å². The molecule has 2 unspecified atom stereocenters. The fraction of sp³-hybridized carbons (Fsp3) is 1.00. The van der Waals surface area contributed by atoms with Gasteiger partial charge in [-0.15, -0.1) is 0 Å². The number of piperazine rings is 1. The SMILES string of the molecule is CC.COC1CC2CN(C(C)C)CCN2C1. The Bertz CT molecular complexity index is 196. The molecule has 0 aromatic carbocycles. The van der Waals surface area contributed by atoms with Gasteiger partial charge in [-0.25, -0.2) is 0 Å². The third kappa shape index (κ3) is 3.19. The van der Waals surface area contributed by atoms with Crippen molar-refractivity contribution in [1.82, 2.24) is 9.80 Å². The minimum Gasteiger partial charge on any atom is -0.380 e. The van der Waals surface area contributed by atoms with Gasteiger partial charge in [-0.1, -0.05) is 13.8 Å². The number of hydrogen-bond acceptors (Lipinski definition) is 3. The van der Waals surface area contributed by atoms with E-state index in [1.807, 2.05) is 21.0 Å². The van der Waals surface area contributed by atoms with Gasteiger partial charge < -0.3 is 4.74 Å². The molecule has 0 spiro atoms. The van der Waals surface area contributed by atoms with Gasteiger partial charge in [0.25, 0.3) is 0 Å². The highest BCUT2D eigenvalue weighted by atomic mass is 16.5. The Hall–Kier alpha value is -0.120. The first-order valence-electron chi connectivity index (χ1n) is 6.71. The molecular weight excluding hydrogens is 200 g/mol. The summed E-state index contributed by atoms with van der Waals surface area (Å²) < 4.78 is 5.44. The predicted octanol–water partition coefficient (Wildman–Crippen LogP) is 1.83. The van der Waals surface area contributed by atoms with E-state index in [2.05, 4.69) is 23.6 Å². The van der Waals surface area contributed by atoms with E-state index in [1.54, 1.807) is 0 Å². The highest BCUT2D eigenvalue weighted by Crippen LogP contribution is 2.24. The molecule has 3 heteroatoms. The third-order valence-electron chi connectivity index (χ3n) is 3.67. The Morgan fingerprint density at radius 3 is 2.38 bits per heavy atom. The molecular formula is C13H28N2O. The maximum Gasteiger partial charge on any atom is 0.0713 e. The van der Waals surface area contributed by atoms with Crippen molar-refractivity contribution in [1.29, 1.82) is 0 Å². The van der Waals surface area contributed by atoms with Crippen LogP contribution in [0.4, 0.5) is 0 Å². The van der Waals surface area contributed by atoms with Crippen molar-refractivity contribution in [2.24, 2.45) is 0 Å². The molecule has 2 heterocycles. The summed E-state index contributed by atoms with van der Waals surface area (Å²) in [6, 6.07) is 1.44. The summed E-state index contributed by atoms with van der Waals surface area (Å²) in [6.45, 7) is 13.4. The molecule has 0 amide bonds. The van der Waals surface area contributed by atoms with Gasteiger partial charge >= 0.3 is 0 Å². The van der Waals surface area contributed by atoms with Crippen LogP contribution in [-0.4, -0.2) is 61.3 Å². The second kappa shape index (κ2) is 6.58. The van der Waals surface area contributed by atoms with Crippen molar-refractivity contribution < 1.29 is 4.74 Å². The van der Waals surface area contributed by atoms with Gasteiger partial charge in [-0.05, 0) is 20.3 Å². The van der Waals surface area contributed by atoms with E-state index in [0.29, 0.717) is 12.1 Å². The van der Waals surface area contributed by atoms with E-state index in [0.717, 1.165) is 12.6 Å². The Morgan fingerprint density at radius 1 is 1.12 bits per heavy atom. The highest BCUT2D eigenvalue weighted by Gasteiger charge is 2.36. The zero-order valence-electron chi connectivity index (χ0n) is 11.6. The normalized spacial score (nSPS) is 31.1. The number of nitrogens with zero attached hydrogens (tertiary/aromatic N) is 2. The summed E-state index contributed by atoms with van der Waals surface area (Å²) in [5.41, 5.74) is 0. The summed E-state index contributed by atoms with van der Waals surface area (Å²) in [6.07, 6.45) is 1.70. The summed E-state index contributed by atoms with van der Waals surface area (Å²) in [5, 5.41) is 0. The number of fused-ring (bicyclic) bond motifs is 1. The van der Waals surface area contributed by atoms with Crippen molar-refractivity contribution in [3.8, 4) is 0 Å². The van der Waals surface area contributed by atoms with Crippen molar-refractivity contribution in [2.45, 2.75) is 52.3 Å². The van der Waals surface area contributed by atoms with Crippen molar-refractivity contribution in [3.63, 3.8) is 0 Å².